The van der Waals surface area contributed by atoms with Crippen LogP contribution in [-0.2, 0) is 4.79 Å². The van der Waals surface area contributed by atoms with Crippen LogP contribution in [0.1, 0.15) is 25.7 Å². The fourth-order valence-corrected chi connectivity index (χ4v) is 1.23. The van der Waals surface area contributed by atoms with Crippen molar-refractivity contribution < 1.29 is 19.8 Å². The molecule has 0 aliphatic carbocycles. The first-order valence-electron chi connectivity index (χ1n) is 5.16. The first-order valence-corrected chi connectivity index (χ1v) is 5.16. The number of hydrogen-bond donors (Lipinski definition) is 3. The van der Waals surface area contributed by atoms with Crippen LogP contribution in [0.5, 0.6) is 11.8 Å². The number of nitrogens with zero attached hydrogens (tertiary/aromatic N) is 1. The minimum absolute atomic E-state index is 0.233. The van der Waals surface area contributed by atoms with E-state index in [1.165, 1.54) is 12.1 Å². The topological polar surface area (TPSA) is 97.7 Å². The van der Waals surface area contributed by atoms with Crippen LogP contribution < -0.4 is 10.6 Å². The van der Waals surface area contributed by atoms with Crippen molar-refractivity contribution in [2.24, 2.45) is 5.73 Å². The van der Waals surface area contributed by atoms with E-state index in [-0.39, 0.29) is 18.2 Å². The van der Waals surface area contributed by atoms with Crippen LogP contribution in [0.25, 0.3) is 0 Å². The SMILES string of the molecule is NCCCCCC(=O)On1c(O)ccc1O. The van der Waals surface area contributed by atoms with Crippen molar-refractivity contribution in [1.29, 1.82) is 0 Å². The summed E-state index contributed by atoms with van der Waals surface area (Å²) in [7, 11) is 0. The molecule has 0 bridgehead atoms. The average Bonchev–Trinajstić information content (AvgIpc) is 2.56. The standard InChI is InChI=1S/C10H16N2O4/c11-7-3-1-2-4-10(15)16-12-8(13)5-6-9(12)14/h5-6,13-14H,1-4,7,11H2. The summed E-state index contributed by atoms with van der Waals surface area (Å²) in [5.41, 5.74) is 5.31. The van der Waals surface area contributed by atoms with Crippen molar-refractivity contribution in [3.8, 4) is 11.8 Å². The number of rotatable bonds is 6. The maximum absolute atomic E-state index is 11.3. The van der Waals surface area contributed by atoms with Crippen molar-refractivity contribution in [1.82, 2.24) is 4.73 Å². The molecule has 0 spiro atoms. The zero-order valence-corrected chi connectivity index (χ0v) is 8.93. The monoisotopic (exact) mass is 228 g/mol. The highest BCUT2D eigenvalue weighted by Crippen LogP contribution is 2.18. The molecule has 1 aromatic rings. The van der Waals surface area contributed by atoms with Gasteiger partial charge in [-0.05, 0) is 19.4 Å². The molecule has 0 saturated heterocycles. The van der Waals surface area contributed by atoms with E-state index in [2.05, 4.69) is 0 Å². The Morgan fingerprint density at radius 3 is 2.44 bits per heavy atom. The number of hydrogen-bond acceptors (Lipinski definition) is 5. The summed E-state index contributed by atoms with van der Waals surface area (Å²) in [5.74, 6) is -1.13. The first-order chi connectivity index (χ1) is 7.65. The van der Waals surface area contributed by atoms with Crippen LogP contribution >= 0.6 is 0 Å². The lowest BCUT2D eigenvalue weighted by Crippen LogP contribution is -2.18. The van der Waals surface area contributed by atoms with E-state index in [0.29, 0.717) is 17.7 Å². The minimum Gasteiger partial charge on any atom is -0.492 e. The third kappa shape index (κ3) is 3.47. The Balaban J connectivity index is 2.34. The summed E-state index contributed by atoms with van der Waals surface area (Å²) in [6.45, 7) is 0.605. The Labute approximate surface area is 93.2 Å². The first kappa shape index (κ1) is 12.4. The van der Waals surface area contributed by atoms with Gasteiger partial charge in [0.2, 0.25) is 11.8 Å². The Morgan fingerprint density at radius 1 is 1.25 bits per heavy atom. The lowest BCUT2D eigenvalue weighted by Gasteiger charge is -2.06. The summed E-state index contributed by atoms with van der Waals surface area (Å²) >= 11 is 0. The predicted molar refractivity (Wildman–Crippen MR) is 56.9 cm³/mol. The van der Waals surface area contributed by atoms with Crippen LogP contribution in [0, 0.1) is 0 Å². The van der Waals surface area contributed by atoms with Gasteiger partial charge in [0.05, 0.1) is 0 Å². The Bertz CT molecular complexity index is 329. The van der Waals surface area contributed by atoms with Gasteiger partial charge in [0, 0.05) is 18.6 Å². The molecule has 1 rings (SSSR count). The van der Waals surface area contributed by atoms with Gasteiger partial charge in [-0.1, -0.05) is 6.42 Å². The van der Waals surface area contributed by atoms with Gasteiger partial charge in [0.25, 0.3) is 0 Å². The quantitative estimate of drug-likeness (QED) is 0.611. The fraction of sp³-hybridized carbons (Fsp3) is 0.500. The Hall–Kier alpha value is -1.69. The van der Waals surface area contributed by atoms with Gasteiger partial charge >= 0.3 is 5.97 Å². The molecule has 4 N–H and O–H groups in total. The van der Waals surface area contributed by atoms with E-state index in [9.17, 15) is 15.0 Å². The highest BCUT2D eigenvalue weighted by Gasteiger charge is 2.11. The summed E-state index contributed by atoms with van der Waals surface area (Å²) < 4.78 is 0.686. The number of carbonyl (C=O) groups excluding carboxylic acids is 1. The molecule has 0 unspecified atom stereocenters. The Kier molecular flexibility index (Phi) is 4.65. The molecular weight excluding hydrogens is 212 g/mol. The van der Waals surface area contributed by atoms with Crippen molar-refractivity contribution in [3.05, 3.63) is 12.1 Å². The minimum atomic E-state index is -0.501. The molecule has 0 amide bonds. The van der Waals surface area contributed by atoms with Crippen LogP contribution in [0.15, 0.2) is 12.1 Å². The third-order valence-electron chi connectivity index (χ3n) is 2.08. The number of nitrogens with two attached hydrogens (primary N) is 1. The van der Waals surface area contributed by atoms with E-state index in [4.69, 9.17) is 10.6 Å². The van der Waals surface area contributed by atoms with Gasteiger partial charge in [0.15, 0.2) is 0 Å². The van der Waals surface area contributed by atoms with Crippen molar-refractivity contribution in [2.45, 2.75) is 25.7 Å². The fourth-order valence-electron chi connectivity index (χ4n) is 1.23. The lowest BCUT2D eigenvalue weighted by atomic mass is 10.2. The average molecular weight is 228 g/mol. The molecule has 1 heterocycles. The van der Waals surface area contributed by atoms with Crippen molar-refractivity contribution >= 4 is 5.97 Å². The molecule has 0 aliphatic heterocycles. The Morgan fingerprint density at radius 2 is 1.88 bits per heavy atom. The molecule has 6 heteroatoms. The van der Waals surface area contributed by atoms with E-state index in [0.717, 1.165) is 12.8 Å². The molecule has 0 saturated carbocycles. The molecule has 1 aromatic heterocycles. The summed E-state index contributed by atoms with van der Waals surface area (Å²) in [6, 6.07) is 2.47. The second kappa shape index (κ2) is 6.02. The zero-order valence-electron chi connectivity index (χ0n) is 8.93. The number of unbranched alkanes of at least 4 members (excludes halogenated alkanes) is 2. The molecular formula is C10H16N2O4. The van der Waals surface area contributed by atoms with Crippen LogP contribution in [-0.4, -0.2) is 27.5 Å². The van der Waals surface area contributed by atoms with Crippen LogP contribution in [0.2, 0.25) is 0 Å². The normalized spacial score (nSPS) is 10.3. The van der Waals surface area contributed by atoms with Crippen molar-refractivity contribution in [3.63, 3.8) is 0 Å². The molecule has 6 nitrogen and oxygen atoms in total. The number of aromatic hydroxyl groups is 2. The van der Waals surface area contributed by atoms with Crippen molar-refractivity contribution in [2.75, 3.05) is 6.54 Å². The summed E-state index contributed by atoms with van der Waals surface area (Å²) in [4.78, 5) is 16.0. The van der Waals surface area contributed by atoms with E-state index in [1.807, 2.05) is 0 Å². The van der Waals surface area contributed by atoms with Gasteiger partial charge in [-0.2, -0.15) is 0 Å². The van der Waals surface area contributed by atoms with Crippen LogP contribution in [0.3, 0.4) is 0 Å². The van der Waals surface area contributed by atoms with E-state index >= 15 is 0 Å². The molecule has 0 fully saturated rings. The second-order valence-electron chi connectivity index (χ2n) is 3.41. The number of aromatic nitrogens is 1. The smallest absolute Gasteiger partial charge is 0.333 e. The zero-order chi connectivity index (χ0) is 12.0. The molecule has 0 radical (unpaired) electrons. The third-order valence-corrected chi connectivity index (χ3v) is 2.08. The van der Waals surface area contributed by atoms with E-state index in [1.54, 1.807) is 0 Å². The molecule has 0 aliphatic rings. The highest BCUT2D eigenvalue weighted by atomic mass is 16.7. The van der Waals surface area contributed by atoms with Gasteiger partial charge in [-0.25, -0.2) is 4.79 Å². The second-order valence-corrected chi connectivity index (χ2v) is 3.41. The molecule has 90 valence electrons. The highest BCUT2D eigenvalue weighted by molar-refractivity contribution is 5.69. The number of carbonyl (C=O) groups is 1. The predicted octanol–water partition coefficient (Wildman–Crippen LogP) is 0.374. The summed E-state index contributed by atoms with van der Waals surface area (Å²) in [5, 5.41) is 18.4. The van der Waals surface area contributed by atoms with Gasteiger partial charge in [-0.15, -0.1) is 4.73 Å². The maximum atomic E-state index is 11.3. The maximum Gasteiger partial charge on any atom is 0.333 e. The molecule has 16 heavy (non-hydrogen) atoms. The summed E-state index contributed by atoms with van der Waals surface area (Å²) in [6.07, 6.45) is 2.64. The van der Waals surface area contributed by atoms with Crippen LogP contribution in [0.4, 0.5) is 0 Å². The molecule has 0 atom stereocenters. The van der Waals surface area contributed by atoms with E-state index < -0.39 is 5.97 Å². The lowest BCUT2D eigenvalue weighted by molar-refractivity contribution is -0.145. The van der Waals surface area contributed by atoms with Gasteiger partial charge in [0.1, 0.15) is 0 Å². The van der Waals surface area contributed by atoms with Gasteiger partial charge in [-0.3, -0.25) is 0 Å². The van der Waals surface area contributed by atoms with Gasteiger partial charge < -0.3 is 20.8 Å². The molecule has 0 aromatic carbocycles. The largest absolute Gasteiger partial charge is 0.492 e.